The fraction of sp³-hybridized carbons (Fsp3) is 1.00. The van der Waals surface area contributed by atoms with Gasteiger partial charge in [-0.2, -0.15) is 5.48 Å². The Morgan fingerprint density at radius 3 is 3.05 bits per heavy atom. The van der Waals surface area contributed by atoms with Crippen molar-refractivity contribution >= 4 is 0 Å². The number of nitrogens with one attached hydrogen (secondary N) is 4. The molecular weight excluding hydrogens is 282 g/mol. The Bertz CT molecular complexity index is 346. The second-order valence-electron chi connectivity index (χ2n) is 6.73. The van der Waals surface area contributed by atoms with E-state index in [4.69, 9.17) is 9.57 Å². The van der Waals surface area contributed by atoms with Crippen LogP contribution in [0.3, 0.4) is 0 Å². The molecule has 0 aromatic rings. The van der Waals surface area contributed by atoms with Crippen molar-refractivity contribution < 1.29 is 9.57 Å². The van der Waals surface area contributed by atoms with Crippen LogP contribution in [0.2, 0.25) is 0 Å². The second kappa shape index (κ2) is 8.01. The summed E-state index contributed by atoms with van der Waals surface area (Å²) in [5.41, 5.74) is 3.24. The first-order valence-electron chi connectivity index (χ1n) is 8.61. The van der Waals surface area contributed by atoms with Gasteiger partial charge in [-0.25, -0.2) is 0 Å². The Labute approximate surface area is 133 Å². The summed E-state index contributed by atoms with van der Waals surface area (Å²) in [6.07, 6.45) is 5.50. The molecule has 128 valence electrons. The maximum absolute atomic E-state index is 5.84. The summed E-state index contributed by atoms with van der Waals surface area (Å²) >= 11 is 0. The number of likely N-dealkylation sites (N-methyl/N-ethyl adjacent to an activating group) is 1. The highest BCUT2D eigenvalue weighted by molar-refractivity contribution is 4.90. The number of hydroxylamine groups is 1. The minimum atomic E-state index is 0.118. The maximum Gasteiger partial charge on any atom is 0.146 e. The molecule has 3 saturated heterocycles. The largest absolute Gasteiger partial charge is 0.383 e. The van der Waals surface area contributed by atoms with Crippen molar-refractivity contribution in [2.45, 2.75) is 50.3 Å². The molecule has 0 radical (unpaired) electrons. The van der Waals surface area contributed by atoms with Gasteiger partial charge in [-0.05, 0) is 51.7 Å². The molecule has 0 bridgehead atoms. The fourth-order valence-electron chi connectivity index (χ4n) is 3.87. The topological polar surface area (TPSA) is 69.8 Å². The van der Waals surface area contributed by atoms with Gasteiger partial charge in [0.15, 0.2) is 0 Å². The van der Waals surface area contributed by atoms with E-state index in [1.165, 1.54) is 25.8 Å². The lowest BCUT2D eigenvalue weighted by Gasteiger charge is -2.34. The Morgan fingerprint density at radius 2 is 2.27 bits per heavy atom. The highest BCUT2D eigenvalue weighted by Crippen LogP contribution is 2.25. The fourth-order valence-corrected chi connectivity index (χ4v) is 3.87. The van der Waals surface area contributed by atoms with Crippen LogP contribution in [-0.2, 0) is 9.57 Å². The third-order valence-electron chi connectivity index (χ3n) is 5.20. The van der Waals surface area contributed by atoms with Crippen LogP contribution in [0.15, 0.2) is 0 Å². The molecular formula is C15H31N5O2. The zero-order valence-corrected chi connectivity index (χ0v) is 13.8. The van der Waals surface area contributed by atoms with E-state index in [1.54, 1.807) is 7.11 Å². The van der Waals surface area contributed by atoms with Gasteiger partial charge in [0.25, 0.3) is 0 Å². The number of hydrogen-bond acceptors (Lipinski definition) is 7. The van der Waals surface area contributed by atoms with Crippen molar-refractivity contribution in [3.8, 4) is 0 Å². The smallest absolute Gasteiger partial charge is 0.146 e. The van der Waals surface area contributed by atoms with Crippen LogP contribution in [0.5, 0.6) is 0 Å². The van der Waals surface area contributed by atoms with Gasteiger partial charge in [-0.15, -0.1) is 0 Å². The molecule has 0 aromatic carbocycles. The summed E-state index contributed by atoms with van der Waals surface area (Å²) in [6.45, 7) is 3.86. The first-order chi connectivity index (χ1) is 10.8. The molecule has 0 saturated carbocycles. The molecule has 3 rings (SSSR count). The highest BCUT2D eigenvalue weighted by Gasteiger charge is 2.39. The number of hydrogen-bond donors (Lipinski definition) is 4. The van der Waals surface area contributed by atoms with E-state index < -0.39 is 0 Å². The molecule has 7 nitrogen and oxygen atoms in total. The van der Waals surface area contributed by atoms with Crippen molar-refractivity contribution in [2.24, 2.45) is 5.92 Å². The first-order valence-corrected chi connectivity index (χ1v) is 8.61. The third kappa shape index (κ3) is 3.97. The quantitative estimate of drug-likeness (QED) is 0.489. The molecule has 5 atom stereocenters. The molecule has 0 amide bonds. The van der Waals surface area contributed by atoms with E-state index in [-0.39, 0.29) is 12.4 Å². The van der Waals surface area contributed by atoms with Crippen LogP contribution in [0.1, 0.15) is 25.7 Å². The monoisotopic (exact) mass is 313 g/mol. The molecule has 0 aromatic heterocycles. The summed E-state index contributed by atoms with van der Waals surface area (Å²) in [4.78, 5) is 8.25. The van der Waals surface area contributed by atoms with Crippen LogP contribution >= 0.6 is 0 Å². The highest BCUT2D eigenvalue weighted by atomic mass is 16.7. The average Bonchev–Trinajstić information content (AvgIpc) is 3.16. The van der Waals surface area contributed by atoms with E-state index in [1.807, 2.05) is 0 Å². The number of methoxy groups -OCH3 is 1. The van der Waals surface area contributed by atoms with Gasteiger partial charge in [-0.1, -0.05) is 0 Å². The standard InChI is InChI=1S/C15H31N5O2/c1-20-8-3-4-12(20)15-18-14(19-22-15)11-5-6-16-13(10-11)17-7-9-21-2/h11-19H,3-10H2,1-2H3. The van der Waals surface area contributed by atoms with Gasteiger partial charge in [0.05, 0.1) is 25.0 Å². The first kappa shape index (κ1) is 16.6. The zero-order valence-electron chi connectivity index (χ0n) is 13.8. The number of rotatable bonds is 6. The van der Waals surface area contributed by atoms with E-state index in [2.05, 4.69) is 33.4 Å². The van der Waals surface area contributed by atoms with Crippen LogP contribution in [0.25, 0.3) is 0 Å². The second-order valence-corrected chi connectivity index (χ2v) is 6.73. The lowest BCUT2D eigenvalue weighted by atomic mass is 9.92. The van der Waals surface area contributed by atoms with Gasteiger partial charge in [0.2, 0.25) is 0 Å². The molecule has 4 N–H and O–H groups in total. The van der Waals surface area contributed by atoms with Gasteiger partial charge >= 0.3 is 0 Å². The minimum Gasteiger partial charge on any atom is -0.383 e. The number of nitrogens with zero attached hydrogens (tertiary/aromatic N) is 1. The van der Waals surface area contributed by atoms with E-state index in [0.717, 1.165) is 26.1 Å². The Balaban J connectivity index is 1.45. The summed E-state index contributed by atoms with van der Waals surface area (Å²) < 4.78 is 5.10. The lowest BCUT2D eigenvalue weighted by Crippen LogP contribution is -2.54. The van der Waals surface area contributed by atoms with E-state index >= 15 is 0 Å². The molecule has 22 heavy (non-hydrogen) atoms. The Morgan fingerprint density at radius 1 is 1.36 bits per heavy atom. The third-order valence-corrected chi connectivity index (χ3v) is 5.20. The van der Waals surface area contributed by atoms with Crippen molar-refractivity contribution in [1.82, 2.24) is 26.3 Å². The molecule has 7 heteroatoms. The van der Waals surface area contributed by atoms with Crippen molar-refractivity contribution in [3.63, 3.8) is 0 Å². The van der Waals surface area contributed by atoms with Gasteiger partial charge in [0.1, 0.15) is 6.23 Å². The van der Waals surface area contributed by atoms with Crippen LogP contribution in [-0.4, -0.2) is 69.9 Å². The molecule has 3 heterocycles. The Hall–Kier alpha value is -0.280. The average molecular weight is 313 g/mol. The SMILES string of the molecule is COCCNC1CC(C2NOC(C3CCCN3C)N2)CCN1. The predicted octanol–water partition coefficient (Wildman–Crippen LogP) is -0.581. The molecule has 3 fully saturated rings. The summed E-state index contributed by atoms with van der Waals surface area (Å²) in [6, 6.07) is 0.495. The van der Waals surface area contributed by atoms with Crippen LogP contribution < -0.4 is 21.4 Å². The van der Waals surface area contributed by atoms with Crippen LogP contribution in [0.4, 0.5) is 0 Å². The molecule has 0 spiro atoms. The number of likely N-dealkylation sites (tertiary alicyclic amines) is 1. The Kier molecular flexibility index (Phi) is 6.03. The van der Waals surface area contributed by atoms with E-state index in [0.29, 0.717) is 18.1 Å². The number of ether oxygens (including phenoxy) is 1. The molecule has 5 unspecified atom stereocenters. The van der Waals surface area contributed by atoms with Gasteiger partial charge in [0, 0.05) is 13.7 Å². The molecule has 0 aliphatic carbocycles. The van der Waals surface area contributed by atoms with Crippen molar-refractivity contribution in [1.29, 1.82) is 0 Å². The van der Waals surface area contributed by atoms with Gasteiger partial charge < -0.3 is 10.1 Å². The summed E-state index contributed by atoms with van der Waals surface area (Å²) in [5.74, 6) is 0.581. The normalized spacial score (nSPS) is 40.4. The minimum absolute atomic E-state index is 0.118. The zero-order chi connectivity index (χ0) is 15.4. The predicted molar refractivity (Wildman–Crippen MR) is 85.0 cm³/mol. The van der Waals surface area contributed by atoms with Crippen molar-refractivity contribution in [2.75, 3.05) is 40.4 Å². The number of piperidine rings is 1. The van der Waals surface area contributed by atoms with Gasteiger partial charge in [-0.3, -0.25) is 20.4 Å². The lowest BCUT2D eigenvalue weighted by molar-refractivity contribution is -0.0194. The summed E-state index contributed by atoms with van der Waals surface area (Å²) in [7, 11) is 3.93. The van der Waals surface area contributed by atoms with Crippen molar-refractivity contribution in [3.05, 3.63) is 0 Å². The maximum atomic E-state index is 5.84. The van der Waals surface area contributed by atoms with Crippen LogP contribution in [0, 0.1) is 5.92 Å². The summed E-state index contributed by atoms with van der Waals surface area (Å²) in [5, 5.41) is 10.7. The molecule has 3 aliphatic heterocycles. The molecule has 3 aliphatic rings. The van der Waals surface area contributed by atoms with E-state index in [9.17, 15) is 0 Å².